The summed E-state index contributed by atoms with van der Waals surface area (Å²) in [6.45, 7) is 4.69. The van der Waals surface area contributed by atoms with E-state index in [0.29, 0.717) is 6.61 Å². The number of hydrogen-bond acceptors (Lipinski definition) is 3. The molecular formula is C14H21NO2. The first kappa shape index (κ1) is 12.4. The van der Waals surface area contributed by atoms with Crippen LogP contribution in [0.15, 0.2) is 24.3 Å². The van der Waals surface area contributed by atoms with Crippen LogP contribution < -0.4 is 10.1 Å². The molecule has 0 heterocycles. The van der Waals surface area contributed by atoms with Gasteiger partial charge < -0.3 is 15.2 Å². The molecule has 0 atom stereocenters. The van der Waals surface area contributed by atoms with Crippen molar-refractivity contribution in [1.29, 1.82) is 0 Å². The van der Waals surface area contributed by atoms with Gasteiger partial charge in [-0.15, -0.1) is 0 Å². The van der Waals surface area contributed by atoms with E-state index in [1.165, 1.54) is 18.4 Å². The summed E-state index contributed by atoms with van der Waals surface area (Å²) < 4.78 is 5.56. The van der Waals surface area contributed by atoms with E-state index in [4.69, 9.17) is 4.74 Å². The topological polar surface area (TPSA) is 41.5 Å². The van der Waals surface area contributed by atoms with Gasteiger partial charge in [-0.3, -0.25) is 0 Å². The van der Waals surface area contributed by atoms with E-state index < -0.39 is 5.60 Å². The number of hydrogen-bond donors (Lipinski definition) is 2. The molecule has 0 aromatic heterocycles. The third kappa shape index (κ3) is 4.75. The Bertz CT molecular complexity index is 367. The zero-order valence-corrected chi connectivity index (χ0v) is 10.6. The number of benzene rings is 1. The van der Waals surface area contributed by atoms with Gasteiger partial charge in [0.05, 0.1) is 5.60 Å². The maximum absolute atomic E-state index is 9.60. The fourth-order valence-corrected chi connectivity index (χ4v) is 1.55. The predicted octanol–water partition coefficient (Wildman–Crippen LogP) is 2.09. The van der Waals surface area contributed by atoms with Crippen LogP contribution in [-0.4, -0.2) is 23.4 Å². The third-order valence-electron chi connectivity index (χ3n) is 2.66. The third-order valence-corrected chi connectivity index (χ3v) is 2.66. The maximum Gasteiger partial charge on any atom is 0.119 e. The molecule has 0 spiro atoms. The van der Waals surface area contributed by atoms with Gasteiger partial charge >= 0.3 is 0 Å². The smallest absolute Gasteiger partial charge is 0.119 e. The van der Waals surface area contributed by atoms with Gasteiger partial charge in [0.25, 0.3) is 0 Å². The summed E-state index contributed by atoms with van der Waals surface area (Å²) in [6.07, 6.45) is 2.60. The molecule has 0 aliphatic heterocycles. The van der Waals surface area contributed by atoms with E-state index >= 15 is 0 Å². The van der Waals surface area contributed by atoms with Crippen LogP contribution in [0.1, 0.15) is 32.3 Å². The van der Waals surface area contributed by atoms with Gasteiger partial charge in [0.1, 0.15) is 12.4 Å². The lowest BCUT2D eigenvalue weighted by molar-refractivity contribution is 0.0284. The summed E-state index contributed by atoms with van der Waals surface area (Å²) >= 11 is 0. The zero-order chi connectivity index (χ0) is 12.3. The highest BCUT2D eigenvalue weighted by molar-refractivity contribution is 5.28. The zero-order valence-electron chi connectivity index (χ0n) is 10.6. The molecule has 0 unspecified atom stereocenters. The molecule has 17 heavy (non-hydrogen) atoms. The Hall–Kier alpha value is -1.06. The SMILES string of the molecule is CC(C)(O)COc1cccc(CNC2CC2)c1. The van der Waals surface area contributed by atoms with E-state index in [9.17, 15) is 5.11 Å². The van der Waals surface area contributed by atoms with Crippen molar-refractivity contribution in [3.05, 3.63) is 29.8 Å². The number of nitrogens with one attached hydrogen (secondary N) is 1. The molecule has 0 amide bonds. The van der Waals surface area contributed by atoms with Crippen molar-refractivity contribution >= 4 is 0 Å². The minimum absolute atomic E-state index is 0.312. The number of aliphatic hydroxyl groups is 1. The second kappa shape index (κ2) is 5.07. The Morgan fingerprint density at radius 3 is 2.82 bits per heavy atom. The van der Waals surface area contributed by atoms with Gasteiger partial charge in [-0.25, -0.2) is 0 Å². The Morgan fingerprint density at radius 1 is 1.41 bits per heavy atom. The van der Waals surface area contributed by atoms with Crippen molar-refractivity contribution in [2.45, 2.75) is 44.9 Å². The van der Waals surface area contributed by atoms with Gasteiger partial charge in [-0.1, -0.05) is 12.1 Å². The quantitative estimate of drug-likeness (QED) is 0.793. The van der Waals surface area contributed by atoms with Crippen molar-refractivity contribution in [3.63, 3.8) is 0 Å². The Kier molecular flexibility index (Phi) is 3.69. The van der Waals surface area contributed by atoms with Gasteiger partial charge in [0, 0.05) is 12.6 Å². The monoisotopic (exact) mass is 235 g/mol. The Morgan fingerprint density at radius 2 is 2.18 bits per heavy atom. The van der Waals surface area contributed by atoms with Crippen molar-refractivity contribution in [2.75, 3.05) is 6.61 Å². The van der Waals surface area contributed by atoms with E-state index in [0.717, 1.165) is 18.3 Å². The predicted molar refractivity (Wildman–Crippen MR) is 68.1 cm³/mol. The molecule has 94 valence electrons. The molecule has 1 aliphatic carbocycles. The van der Waals surface area contributed by atoms with Crippen molar-refractivity contribution in [2.24, 2.45) is 0 Å². The molecule has 2 rings (SSSR count). The normalized spacial score (nSPS) is 15.9. The molecule has 1 saturated carbocycles. The molecule has 3 nitrogen and oxygen atoms in total. The maximum atomic E-state index is 9.60. The van der Waals surface area contributed by atoms with Gasteiger partial charge in [-0.05, 0) is 44.4 Å². The molecule has 3 heteroatoms. The van der Waals surface area contributed by atoms with Crippen LogP contribution in [-0.2, 0) is 6.54 Å². The minimum atomic E-state index is -0.789. The molecule has 1 aromatic rings. The molecule has 0 radical (unpaired) electrons. The van der Waals surface area contributed by atoms with Crippen LogP contribution in [0.25, 0.3) is 0 Å². The van der Waals surface area contributed by atoms with Crippen LogP contribution in [0, 0.1) is 0 Å². The lowest BCUT2D eigenvalue weighted by Crippen LogP contribution is -2.27. The summed E-state index contributed by atoms with van der Waals surface area (Å²) in [5, 5.41) is 13.1. The lowest BCUT2D eigenvalue weighted by Gasteiger charge is -2.18. The van der Waals surface area contributed by atoms with E-state index in [1.54, 1.807) is 13.8 Å². The average molecular weight is 235 g/mol. The number of rotatable bonds is 6. The standard InChI is InChI=1S/C14H21NO2/c1-14(2,16)10-17-13-5-3-4-11(8-13)9-15-12-6-7-12/h3-5,8,12,15-16H,6-7,9-10H2,1-2H3. The largest absolute Gasteiger partial charge is 0.491 e. The van der Waals surface area contributed by atoms with E-state index in [1.807, 2.05) is 18.2 Å². The van der Waals surface area contributed by atoms with Gasteiger partial charge in [0.2, 0.25) is 0 Å². The van der Waals surface area contributed by atoms with Crippen molar-refractivity contribution in [1.82, 2.24) is 5.32 Å². The molecular weight excluding hydrogens is 214 g/mol. The fraction of sp³-hybridized carbons (Fsp3) is 0.571. The van der Waals surface area contributed by atoms with Crippen LogP contribution in [0.2, 0.25) is 0 Å². The van der Waals surface area contributed by atoms with Gasteiger partial charge in [0.15, 0.2) is 0 Å². The van der Waals surface area contributed by atoms with E-state index in [-0.39, 0.29) is 0 Å². The molecule has 0 bridgehead atoms. The Balaban J connectivity index is 1.86. The first-order valence-electron chi connectivity index (χ1n) is 6.20. The molecule has 1 aliphatic rings. The van der Waals surface area contributed by atoms with Crippen molar-refractivity contribution < 1.29 is 9.84 Å². The first-order chi connectivity index (χ1) is 8.03. The fourth-order valence-electron chi connectivity index (χ4n) is 1.55. The highest BCUT2D eigenvalue weighted by Crippen LogP contribution is 2.20. The second-order valence-electron chi connectivity index (χ2n) is 5.40. The summed E-state index contributed by atoms with van der Waals surface area (Å²) in [7, 11) is 0. The molecule has 1 fully saturated rings. The Labute approximate surface area is 103 Å². The average Bonchev–Trinajstić information content (AvgIpc) is 3.07. The molecule has 1 aromatic carbocycles. The highest BCUT2D eigenvalue weighted by atomic mass is 16.5. The van der Waals surface area contributed by atoms with Crippen molar-refractivity contribution in [3.8, 4) is 5.75 Å². The first-order valence-corrected chi connectivity index (χ1v) is 6.20. The summed E-state index contributed by atoms with van der Waals surface area (Å²) in [4.78, 5) is 0. The van der Waals surface area contributed by atoms with Gasteiger partial charge in [-0.2, -0.15) is 0 Å². The van der Waals surface area contributed by atoms with Crippen LogP contribution >= 0.6 is 0 Å². The lowest BCUT2D eigenvalue weighted by atomic mass is 10.1. The van der Waals surface area contributed by atoms with Crippen LogP contribution in [0.5, 0.6) is 5.75 Å². The van der Waals surface area contributed by atoms with Crippen LogP contribution in [0.3, 0.4) is 0 Å². The van der Waals surface area contributed by atoms with Crippen LogP contribution in [0.4, 0.5) is 0 Å². The summed E-state index contributed by atoms with van der Waals surface area (Å²) in [5.41, 5.74) is 0.438. The number of ether oxygens (including phenoxy) is 1. The molecule has 0 saturated heterocycles. The molecule has 2 N–H and O–H groups in total. The van der Waals surface area contributed by atoms with E-state index in [2.05, 4.69) is 11.4 Å². The summed E-state index contributed by atoms with van der Waals surface area (Å²) in [5.74, 6) is 0.822. The summed E-state index contributed by atoms with van der Waals surface area (Å²) in [6, 6.07) is 8.75. The second-order valence-corrected chi connectivity index (χ2v) is 5.40. The minimum Gasteiger partial charge on any atom is -0.491 e. The highest BCUT2D eigenvalue weighted by Gasteiger charge is 2.20.